The lowest BCUT2D eigenvalue weighted by molar-refractivity contribution is -0.384. The van der Waals surface area contributed by atoms with Crippen molar-refractivity contribution in [2.75, 3.05) is 57.8 Å². The first-order valence-corrected chi connectivity index (χ1v) is 9.72. The number of rotatable bonds is 4. The topological polar surface area (TPSA) is 116 Å². The molecular weight excluding hydrogens is 362 g/mol. The summed E-state index contributed by atoms with van der Waals surface area (Å²) >= 11 is 0. The number of carbonyl (C=O) groups excluding carboxylic acids is 1. The van der Waals surface area contributed by atoms with Crippen molar-refractivity contribution in [2.24, 2.45) is 0 Å². The number of hydrogen-bond donors (Lipinski definition) is 1. The molecule has 0 atom stereocenters. The smallest absolute Gasteiger partial charge is 0.293 e. The second kappa shape index (κ2) is 7.17. The van der Waals surface area contributed by atoms with E-state index in [0.717, 1.165) is 6.07 Å². The Morgan fingerprint density at radius 1 is 1.15 bits per heavy atom. The number of carbonyl (C=O) groups is 1. The molecule has 1 N–H and O–H groups in total. The average molecular weight is 383 g/mol. The molecule has 0 spiro atoms. The number of anilines is 1. The molecular formula is C15H21N5O5S. The predicted molar refractivity (Wildman–Crippen MR) is 94.6 cm³/mol. The largest absolute Gasteiger partial charge is 0.355 e. The number of hydrogen-bond acceptors (Lipinski definition) is 7. The van der Waals surface area contributed by atoms with E-state index >= 15 is 0 Å². The second-order valence-electron chi connectivity index (χ2n) is 6.39. The Labute approximate surface area is 151 Å². The van der Waals surface area contributed by atoms with Gasteiger partial charge in [0.1, 0.15) is 5.69 Å². The van der Waals surface area contributed by atoms with Crippen LogP contribution in [-0.2, 0) is 14.8 Å². The minimum atomic E-state index is -3.80. The summed E-state index contributed by atoms with van der Waals surface area (Å²) in [5.74, 6) is -0.223. The quantitative estimate of drug-likeness (QED) is 0.549. The van der Waals surface area contributed by atoms with Gasteiger partial charge in [0, 0.05) is 45.3 Å². The number of sulfonamides is 1. The molecule has 2 aliphatic heterocycles. The summed E-state index contributed by atoms with van der Waals surface area (Å²) < 4.78 is 27.0. The Morgan fingerprint density at radius 2 is 1.85 bits per heavy atom. The predicted octanol–water partition coefficient (Wildman–Crippen LogP) is -0.533. The van der Waals surface area contributed by atoms with Gasteiger partial charge in [-0.2, -0.15) is 4.31 Å². The van der Waals surface area contributed by atoms with E-state index in [4.69, 9.17) is 0 Å². The fraction of sp³-hybridized carbons (Fsp3) is 0.533. The Morgan fingerprint density at radius 3 is 2.46 bits per heavy atom. The van der Waals surface area contributed by atoms with Crippen molar-refractivity contribution in [3.63, 3.8) is 0 Å². The third-order valence-electron chi connectivity index (χ3n) is 4.62. The van der Waals surface area contributed by atoms with E-state index in [1.807, 2.05) is 11.9 Å². The van der Waals surface area contributed by atoms with Crippen molar-refractivity contribution in [2.45, 2.75) is 4.90 Å². The van der Waals surface area contributed by atoms with Gasteiger partial charge in [0.05, 0.1) is 16.4 Å². The maximum atomic E-state index is 12.8. The van der Waals surface area contributed by atoms with Gasteiger partial charge in [-0.05, 0) is 19.2 Å². The maximum absolute atomic E-state index is 12.8. The second-order valence-corrected chi connectivity index (χ2v) is 8.32. The van der Waals surface area contributed by atoms with E-state index in [0.29, 0.717) is 39.3 Å². The van der Waals surface area contributed by atoms with Gasteiger partial charge < -0.3 is 15.1 Å². The molecule has 2 saturated heterocycles. The van der Waals surface area contributed by atoms with E-state index < -0.39 is 14.9 Å². The molecule has 0 saturated carbocycles. The van der Waals surface area contributed by atoms with Crippen molar-refractivity contribution < 1.29 is 18.1 Å². The summed E-state index contributed by atoms with van der Waals surface area (Å²) in [6, 6.07) is 3.89. The lowest BCUT2D eigenvalue weighted by Gasteiger charge is -2.32. The highest BCUT2D eigenvalue weighted by molar-refractivity contribution is 7.89. The summed E-state index contributed by atoms with van der Waals surface area (Å²) in [5.41, 5.74) is -0.0583. The van der Waals surface area contributed by atoms with Gasteiger partial charge in [-0.25, -0.2) is 8.42 Å². The minimum absolute atomic E-state index is 0.00535. The van der Waals surface area contributed by atoms with Gasteiger partial charge in [0.15, 0.2) is 0 Å². The van der Waals surface area contributed by atoms with E-state index in [9.17, 15) is 23.3 Å². The lowest BCUT2D eigenvalue weighted by Crippen LogP contribution is -2.48. The van der Waals surface area contributed by atoms with Crippen molar-refractivity contribution >= 4 is 27.3 Å². The van der Waals surface area contributed by atoms with Gasteiger partial charge in [0.2, 0.25) is 15.9 Å². The van der Waals surface area contributed by atoms with E-state index in [1.54, 1.807) is 4.90 Å². The highest BCUT2D eigenvalue weighted by atomic mass is 32.2. The molecule has 10 nitrogen and oxygen atoms in total. The van der Waals surface area contributed by atoms with Gasteiger partial charge in [-0.3, -0.25) is 14.9 Å². The van der Waals surface area contributed by atoms with Crippen LogP contribution in [0.15, 0.2) is 23.1 Å². The highest BCUT2D eigenvalue weighted by Gasteiger charge is 2.31. The van der Waals surface area contributed by atoms with Crippen LogP contribution in [-0.4, -0.2) is 81.3 Å². The van der Waals surface area contributed by atoms with Crippen LogP contribution in [0.5, 0.6) is 0 Å². The number of piperazine rings is 2. The molecule has 11 heteroatoms. The molecule has 1 aromatic carbocycles. The molecule has 0 radical (unpaired) electrons. The summed E-state index contributed by atoms with van der Waals surface area (Å²) in [4.78, 5) is 26.0. The summed E-state index contributed by atoms with van der Waals surface area (Å²) in [7, 11) is -1.88. The first kappa shape index (κ1) is 18.5. The van der Waals surface area contributed by atoms with Crippen molar-refractivity contribution in [3.05, 3.63) is 28.3 Å². The zero-order valence-electron chi connectivity index (χ0n) is 14.4. The van der Waals surface area contributed by atoms with Crippen molar-refractivity contribution in [3.8, 4) is 0 Å². The molecule has 1 aromatic rings. The zero-order valence-corrected chi connectivity index (χ0v) is 15.2. The summed E-state index contributed by atoms with van der Waals surface area (Å²) in [5, 5.41) is 14.2. The molecule has 0 bridgehead atoms. The van der Waals surface area contributed by atoms with Crippen molar-refractivity contribution in [1.29, 1.82) is 0 Å². The van der Waals surface area contributed by atoms with Gasteiger partial charge in [-0.1, -0.05) is 0 Å². The Bertz CT molecular complexity index is 820. The molecule has 142 valence electrons. The van der Waals surface area contributed by atoms with Gasteiger partial charge in [0.25, 0.3) is 5.69 Å². The van der Waals surface area contributed by atoms with E-state index in [1.165, 1.54) is 16.4 Å². The standard InChI is InChI=1S/C15H21N5O5S/c1-17-6-8-19(9-7-17)26(24,25)12-2-3-13(14(10-12)20(22)23)18-5-4-16-15(21)11-18/h2-3,10H,4-9,11H2,1H3,(H,16,21). The first-order chi connectivity index (χ1) is 12.3. The minimum Gasteiger partial charge on any atom is -0.355 e. The van der Waals surface area contributed by atoms with Crippen LogP contribution in [0.2, 0.25) is 0 Å². The van der Waals surface area contributed by atoms with Crippen LogP contribution in [0.1, 0.15) is 0 Å². The monoisotopic (exact) mass is 383 g/mol. The van der Waals surface area contributed by atoms with Crippen LogP contribution >= 0.6 is 0 Å². The number of nitrogens with zero attached hydrogens (tertiary/aromatic N) is 4. The molecule has 3 rings (SSSR count). The summed E-state index contributed by atoms with van der Waals surface area (Å²) in [6.45, 7) is 2.74. The van der Waals surface area contributed by atoms with Crippen molar-refractivity contribution in [1.82, 2.24) is 14.5 Å². The van der Waals surface area contributed by atoms with Gasteiger partial charge >= 0.3 is 0 Å². The highest BCUT2D eigenvalue weighted by Crippen LogP contribution is 2.32. The number of nitro groups is 1. The first-order valence-electron chi connectivity index (χ1n) is 8.28. The maximum Gasteiger partial charge on any atom is 0.293 e. The fourth-order valence-electron chi connectivity index (χ4n) is 3.10. The van der Waals surface area contributed by atoms with Crippen LogP contribution in [0, 0.1) is 10.1 Å². The fourth-order valence-corrected chi connectivity index (χ4v) is 4.54. The van der Waals surface area contributed by atoms with Gasteiger partial charge in [-0.15, -0.1) is 0 Å². The lowest BCUT2D eigenvalue weighted by atomic mass is 10.2. The van der Waals surface area contributed by atoms with Crippen LogP contribution in [0.3, 0.4) is 0 Å². The molecule has 2 fully saturated rings. The third kappa shape index (κ3) is 3.64. The normalized spacial score (nSPS) is 20.0. The molecule has 0 unspecified atom stereocenters. The summed E-state index contributed by atoms with van der Waals surface area (Å²) in [6.07, 6.45) is 0. The number of amides is 1. The molecule has 0 aliphatic carbocycles. The van der Waals surface area contributed by atoms with Crippen LogP contribution < -0.4 is 10.2 Å². The number of nitrogens with one attached hydrogen (secondary N) is 1. The average Bonchev–Trinajstić information content (AvgIpc) is 2.61. The number of nitro benzene ring substituents is 1. The van der Waals surface area contributed by atoms with E-state index in [2.05, 4.69) is 5.32 Å². The molecule has 0 aromatic heterocycles. The SMILES string of the molecule is CN1CCN(S(=O)(=O)c2ccc(N3CCNC(=O)C3)c([N+](=O)[O-])c2)CC1. The van der Waals surface area contributed by atoms with Crippen LogP contribution in [0.4, 0.5) is 11.4 Å². The zero-order chi connectivity index (χ0) is 18.9. The number of benzene rings is 1. The molecule has 2 heterocycles. The van der Waals surface area contributed by atoms with Crippen LogP contribution in [0.25, 0.3) is 0 Å². The Balaban J connectivity index is 1.93. The Kier molecular flexibility index (Phi) is 5.12. The Hall–Kier alpha value is -2.24. The molecule has 1 amide bonds. The molecule has 2 aliphatic rings. The molecule has 26 heavy (non-hydrogen) atoms. The number of likely N-dealkylation sites (N-methyl/N-ethyl adjacent to an activating group) is 1. The third-order valence-corrected chi connectivity index (χ3v) is 6.52. The van der Waals surface area contributed by atoms with E-state index in [-0.39, 0.29) is 28.7 Å².